The predicted octanol–water partition coefficient (Wildman–Crippen LogP) is 2.43. The van der Waals surface area contributed by atoms with Crippen molar-refractivity contribution in [2.24, 2.45) is 0 Å². The molecule has 0 atom stereocenters. The van der Waals surface area contributed by atoms with Crippen LogP contribution in [0.4, 0.5) is 5.69 Å². The minimum atomic E-state index is -0.793. The number of anilines is 1. The Morgan fingerprint density at radius 2 is 1.59 bits per heavy atom. The number of methoxy groups -OCH3 is 3. The Balaban J connectivity index is 2.05. The van der Waals surface area contributed by atoms with E-state index in [1.807, 2.05) is 19.1 Å². The van der Waals surface area contributed by atoms with Crippen LogP contribution in [0.2, 0.25) is 0 Å². The highest BCUT2D eigenvalue weighted by atomic mass is 16.5. The van der Waals surface area contributed by atoms with Crippen molar-refractivity contribution < 1.29 is 28.6 Å². The summed E-state index contributed by atoms with van der Waals surface area (Å²) in [6.07, 6.45) is 0. The van der Waals surface area contributed by atoms with Crippen molar-refractivity contribution in [3.63, 3.8) is 0 Å². The van der Waals surface area contributed by atoms with Crippen LogP contribution in [0.3, 0.4) is 0 Å². The molecule has 0 radical (unpaired) electrons. The van der Waals surface area contributed by atoms with E-state index in [-0.39, 0.29) is 35.1 Å². The van der Waals surface area contributed by atoms with Crippen LogP contribution < -0.4 is 19.1 Å². The molecule has 2 aromatic rings. The molecule has 0 saturated carbocycles. The van der Waals surface area contributed by atoms with E-state index in [0.29, 0.717) is 11.3 Å². The highest BCUT2D eigenvalue weighted by Gasteiger charge is 2.42. The molecule has 1 aliphatic heterocycles. The molecule has 0 N–H and O–H groups in total. The fraction of sp³-hybridized carbons (Fsp3) is 0.250. The van der Waals surface area contributed by atoms with Crippen molar-refractivity contribution in [1.29, 1.82) is 0 Å². The summed E-state index contributed by atoms with van der Waals surface area (Å²) >= 11 is 0. The van der Waals surface area contributed by atoms with Crippen molar-refractivity contribution >= 4 is 23.2 Å². The van der Waals surface area contributed by atoms with E-state index in [0.717, 1.165) is 10.5 Å². The SMILES string of the molecule is COc1cc2c(c(OC)c1OC)C(=O)C(=O)N2CC(=O)c1ccc(C)cc1. The first-order valence-electron chi connectivity index (χ1n) is 8.22. The Hall–Kier alpha value is -3.35. The summed E-state index contributed by atoms with van der Waals surface area (Å²) in [5.74, 6) is -1.21. The van der Waals surface area contributed by atoms with E-state index in [1.54, 1.807) is 12.1 Å². The van der Waals surface area contributed by atoms with E-state index < -0.39 is 11.7 Å². The molecule has 0 aliphatic carbocycles. The molecule has 0 fully saturated rings. The van der Waals surface area contributed by atoms with Crippen molar-refractivity contribution in [3.05, 3.63) is 47.0 Å². The third kappa shape index (κ3) is 3.01. The molecule has 0 unspecified atom stereocenters. The minimum Gasteiger partial charge on any atom is -0.493 e. The van der Waals surface area contributed by atoms with Gasteiger partial charge in [-0.25, -0.2) is 0 Å². The van der Waals surface area contributed by atoms with Gasteiger partial charge in [0.25, 0.3) is 11.7 Å². The van der Waals surface area contributed by atoms with Crippen LogP contribution in [0.5, 0.6) is 17.2 Å². The first-order valence-corrected chi connectivity index (χ1v) is 8.22. The zero-order valence-electron chi connectivity index (χ0n) is 15.5. The second-order valence-corrected chi connectivity index (χ2v) is 6.05. The summed E-state index contributed by atoms with van der Waals surface area (Å²) < 4.78 is 15.9. The van der Waals surface area contributed by atoms with Crippen LogP contribution in [-0.4, -0.2) is 45.3 Å². The van der Waals surface area contributed by atoms with Crippen LogP contribution in [0.25, 0.3) is 0 Å². The molecule has 27 heavy (non-hydrogen) atoms. The third-order valence-electron chi connectivity index (χ3n) is 4.44. The lowest BCUT2D eigenvalue weighted by Gasteiger charge is -2.19. The Bertz CT molecular complexity index is 932. The van der Waals surface area contributed by atoms with Crippen LogP contribution >= 0.6 is 0 Å². The maximum absolute atomic E-state index is 12.6. The fourth-order valence-corrected chi connectivity index (χ4v) is 3.05. The number of ether oxygens (including phenoxy) is 3. The number of benzene rings is 2. The number of Topliss-reactive ketones (excluding diaryl/α,β-unsaturated/α-hetero) is 2. The number of hydrogen-bond donors (Lipinski definition) is 0. The molecule has 1 amide bonds. The Morgan fingerprint density at radius 1 is 0.963 bits per heavy atom. The molecule has 1 aliphatic rings. The van der Waals surface area contributed by atoms with E-state index in [9.17, 15) is 14.4 Å². The first kappa shape index (κ1) is 18.4. The van der Waals surface area contributed by atoms with Gasteiger partial charge >= 0.3 is 0 Å². The summed E-state index contributed by atoms with van der Waals surface area (Å²) in [5, 5.41) is 0. The molecular weight excluding hydrogens is 350 g/mol. The average molecular weight is 369 g/mol. The predicted molar refractivity (Wildman–Crippen MR) is 98.3 cm³/mol. The van der Waals surface area contributed by atoms with E-state index in [2.05, 4.69) is 0 Å². The number of aryl methyl sites for hydroxylation is 1. The molecule has 0 bridgehead atoms. The standard InChI is InChI=1S/C20H19NO6/c1-11-5-7-12(8-6-11)14(22)10-21-13-9-15(25-2)18(26-3)19(27-4)16(13)17(23)20(21)24/h5-9H,10H2,1-4H3. The molecule has 140 valence electrons. The molecule has 7 nitrogen and oxygen atoms in total. The fourth-order valence-electron chi connectivity index (χ4n) is 3.05. The lowest BCUT2D eigenvalue weighted by Crippen LogP contribution is -2.34. The van der Waals surface area contributed by atoms with Crippen LogP contribution in [0.15, 0.2) is 30.3 Å². The van der Waals surface area contributed by atoms with Gasteiger partial charge in [-0.1, -0.05) is 29.8 Å². The third-order valence-corrected chi connectivity index (χ3v) is 4.44. The maximum atomic E-state index is 12.6. The van der Waals surface area contributed by atoms with Crippen molar-refractivity contribution in [1.82, 2.24) is 0 Å². The van der Waals surface area contributed by atoms with E-state index in [1.165, 1.54) is 27.4 Å². The van der Waals surface area contributed by atoms with Crippen molar-refractivity contribution in [2.45, 2.75) is 6.92 Å². The number of carbonyl (C=O) groups excluding carboxylic acids is 3. The molecule has 0 aromatic heterocycles. The lowest BCUT2D eigenvalue weighted by atomic mass is 10.1. The average Bonchev–Trinajstić information content (AvgIpc) is 2.91. The summed E-state index contributed by atoms with van der Waals surface area (Å²) in [7, 11) is 4.21. The molecule has 0 saturated heterocycles. The van der Waals surface area contributed by atoms with Crippen LogP contribution in [0.1, 0.15) is 26.3 Å². The van der Waals surface area contributed by atoms with Crippen molar-refractivity contribution in [3.8, 4) is 17.2 Å². The minimum absolute atomic E-state index is 0.0665. The quantitative estimate of drug-likeness (QED) is 0.575. The largest absolute Gasteiger partial charge is 0.493 e. The Morgan fingerprint density at radius 3 is 2.15 bits per heavy atom. The van der Waals surface area contributed by atoms with Gasteiger partial charge in [0, 0.05) is 11.6 Å². The lowest BCUT2D eigenvalue weighted by molar-refractivity contribution is -0.114. The normalized spacial score (nSPS) is 12.8. The number of rotatable bonds is 6. The zero-order chi connectivity index (χ0) is 19.7. The first-order chi connectivity index (χ1) is 12.9. The number of nitrogens with zero attached hydrogens (tertiary/aromatic N) is 1. The molecule has 2 aromatic carbocycles. The van der Waals surface area contributed by atoms with Crippen LogP contribution in [-0.2, 0) is 4.79 Å². The highest BCUT2D eigenvalue weighted by Crippen LogP contribution is 2.48. The number of ketones is 2. The van der Waals surface area contributed by atoms with Gasteiger partial charge in [0.15, 0.2) is 17.3 Å². The molecular formula is C20H19NO6. The van der Waals surface area contributed by atoms with Crippen LogP contribution in [0, 0.1) is 6.92 Å². The van der Waals surface area contributed by atoms with E-state index >= 15 is 0 Å². The molecule has 1 heterocycles. The molecule has 0 spiro atoms. The smallest absolute Gasteiger partial charge is 0.300 e. The Kier molecular flexibility index (Phi) is 4.85. The second-order valence-electron chi connectivity index (χ2n) is 6.05. The second kappa shape index (κ2) is 7.11. The number of fused-ring (bicyclic) bond motifs is 1. The van der Waals surface area contributed by atoms with Gasteiger partial charge < -0.3 is 14.2 Å². The number of amides is 1. The Labute approximate surface area is 156 Å². The van der Waals surface area contributed by atoms with Gasteiger partial charge in [0.2, 0.25) is 5.75 Å². The van der Waals surface area contributed by atoms with Gasteiger partial charge in [-0.2, -0.15) is 0 Å². The summed E-state index contributed by atoms with van der Waals surface area (Å²) in [4.78, 5) is 38.8. The van der Waals surface area contributed by atoms with Crippen molar-refractivity contribution in [2.75, 3.05) is 32.8 Å². The molecule has 7 heteroatoms. The number of hydrogen-bond acceptors (Lipinski definition) is 6. The topological polar surface area (TPSA) is 82.1 Å². The summed E-state index contributed by atoms with van der Waals surface area (Å²) in [6, 6.07) is 8.51. The monoisotopic (exact) mass is 369 g/mol. The maximum Gasteiger partial charge on any atom is 0.300 e. The van der Waals surface area contributed by atoms with Gasteiger partial charge in [0.1, 0.15) is 0 Å². The zero-order valence-corrected chi connectivity index (χ0v) is 15.5. The molecule has 3 rings (SSSR count). The summed E-state index contributed by atoms with van der Waals surface area (Å²) in [5.41, 5.74) is 1.81. The van der Waals surface area contributed by atoms with Gasteiger partial charge in [0.05, 0.1) is 39.1 Å². The highest BCUT2D eigenvalue weighted by molar-refractivity contribution is 6.53. The number of carbonyl (C=O) groups is 3. The van der Waals surface area contributed by atoms with E-state index in [4.69, 9.17) is 14.2 Å². The van der Waals surface area contributed by atoms with Gasteiger partial charge in [-0.15, -0.1) is 0 Å². The summed E-state index contributed by atoms with van der Waals surface area (Å²) in [6.45, 7) is 1.65. The van der Waals surface area contributed by atoms with Gasteiger partial charge in [-0.05, 0) is 6.92 Å². The van der Waals surface area contributed by atoms with Gasteiger partial charge in [-0.3, -0.25) is 19.3 Å².